The molecule has 0 bridgehead atoms. The lowest BCUT2D eigenvalue weighted by molar-refractivity contribution is 0.707. The fourth-order valence-electron chi connectivity index (χ4n) is 1.35. The third-order valence-corrected chi connectivity index (χ3v) is 2.56. The van der Waals surface area contributed by atoms with Crippen molar-refractivity contribution in [3.63, 3.8) is 0 Å². The van der Waals surface area contributed by atoms with Gasteiger partial charge in [0.05, 0.1) is 6.04 Å². The Kier molecular flexibility index (Phi) is 2.38. The van der Waals surface area contributed by atoms with Gasteiger partial charge in [-0.2, -0.15) is 0 Å². The first-order valence-corrected chi connectivity index (χ1v) is 4.84. The van der Waals surface area contributed by atoms with Gasteiger partial charge in [-0.05, 0) is 29.9 Å². The fourth-order valence-corrected chi connectivity index (χ4v) is 1.70. The van der Waals surface area contributed by atoms with E-state index in [0.717, 1.165) is 16.7 Å². The molecule has 1 fully saturated rings. The minimum Gasteiger partial charge on any atom is -0.360 e. The molecule has 0 amide bonds. The highest BCUT2D eigenvalue weighted by atomic mass is 35.5. The maximum absolute atomic E-state index is 5.79. The van der Waals surface area contributed by atoms with Crippen molar-refractivity contribution in [3.8, 4) is 0 Å². The lowest BCUT2D eigenvalue weighted by atomic mass is 10.1. The standard InChI is InChI=1S/C9H9ClN2S/c10-7-3-1-6(2-4-7)8-5-11-9(13)12-8/h1-4,8H,5H2,(H2,11,12,13). The first kappa shape index (κ1) is 8.78. The van der Waals surface area contributed by atoms with E-state index in [2.05, 4.69) is 10.6 Å². The molecular formula is C9H9ClN2S. The molecule has 2 nitrogen and oxygen atoms in total. The lowest BCUT2D eigenvalue weighted by Crippen LogP contribution is -2.21. The molecule has 4 heteroatoms. The van der Waals surface area contributed by atoms with Crippen LogP contribution in [-0.4, -0.2) is 11.7 Å². The van der Waals surface area contributed by atoms with Crippen molar-refractivity contribution >= 4 is 28.9 Å². The van der Waals surface area contributed by atoms with Gasteiger partial charge in [-0.15, -0.1) is 0 Å². The summed E-state index contributed by atoms with van der Waals surface area (Å²) >= 11 is 10.8. The summed E-state index contributed by atoms with van der Waals surface area (Å²) in [6, 6.07) is 8.08. The average Bonchev–Trinajstić information content (AvgIpc) is 2.53. The Labute approximate surface area is 87.3 Å². The highest BCUT2D eigenvalue weighted by molar-refractivity contribution is 7.80. The minimum atomic E-state index is 0.282. The van der Waals surface area contributed by atoms with Crippen molar-refractivity contribution in [3.05, 3.63) is 34.9 Å². The quantitative estimate of drug-likeness (QED) is 0.695. The molecule has 1 aromatic rings. The third kappa shape index (κ3) is 1.92. The van der Waals surface area contributed by atoms with E-state index >= 15 is 0 Å². The van der Waals surface area contributed by atoms with E-state index in [-0.39, 0.29) is 6.04 Å². The Morgan fingerprint density at radius 3 is 2.54 bits per heavy atom. The molecule has 1 aliphatic rings. The maximum atomic E-state index is 5.79. The topological polar surface area (TPSA) is 24.1 Å². The van der Waals surface area contributed by atoms with Crippen LogP contribution in [0.15, 0.2) is 24.3 Å². The second-order valence-electron chi connectivity index (χ2n) is 2.96. The summed E-state index contributed by atoms with van der Waals surface area (Å²) in [6.45, 7) is 0.848. The molecular weight excluding hydrogens is 204 g/mol. The van der Waals surface area contributed by atoms with Crippen molar-refractivity contribution in [1.29, 1.82) is 0 Å². The van der Waals surface area contributed by atoms with Crippen LogP contribution in [0.2, 0.25) is 5.02 Å². The van der Waals surface area contributed by atoms with Gasteiger partial charge in [0.25, 0.3) is 0 Å². The van der Waals surface area contributed by atoms with E-state index in [9.17, 15) is 0 Å². The molecule has 13 heavy (non-hydrogen) atoms. The van der Waals surface area contributed by atoms with Crippen LogP contribution in [0.1, 0.15) is 11.6 Å². The van der Waals surface area contributed by atoms with Crippen LogP contribution in [0.4, 0.5) is 0 Å². The molecule has 0 spiro atoms. The lowest BCUT2D eigenvalue weighted by Gasteiger charge is -2.08. The molecule has 0 aliphatic carbocycles. The summed E-state index contributed by atoms with van der Waals surface area (Å²) in [4.78, 5) is 0. The summed E-state index contributed by atoms with van der Waals surface area (Å²) < 4.78 is 0. The molecule has 1 unspecified atom stereocenters. The summed E-state index contributed by atoms with van der Waals surface area (Å²) in [5, 5.41) is 7.72. The first-order valence-electron chi connectivity index (χ1n) is 4.05. The predicted molar refractivity (Wildman–Crippen MR) is 57.9 cm³/mol. The van der Waals surface area contributed by atoms with E-state index < -0.39 is 0 Å². The maximum Gasteiger partial charge on any atom is 0.166 e. The Bertz CT molecular complexity index is 323. The van der Waals surface area contributed by atoms with Crippen molar-refractivity contribution in [1.82, 2.24) is 10.6 Å². The van der Waals surface area contributed by atoms with Crippen molar-refractivity contribution < 1.29 is 0 Å². The molecule has 2 N–H and O–H groups in total. The van der Waals surface area contributed by atoms with Gasteiger partial charge in [0, 0.05) is 11.6 Å². The number of hydrogen-bond acceptors (Lipinski definition) is 1. The second kappa shape index (κ2) is 3.52. The highest BCUT2D eigenvalue weighted by Gasteiger charge is 2.18. The summed E-state index contributed by atoms with van der Waals surface area (Å²) in [7, 11) is 0. The van der Waals surface area contributed by atoms with Gasteiger partial charge in [-0.3, -0.25) is 0 Å². The van der Waals surface area contributed by atoms with Crippen LogP contribution in [0.25, 0.3) is 0 Å². The average molecular weight is 213 g/mol. The monoisotopic (exact) mass is 212 g/mol. The number of benzene rings is 1. The van der Waals surface area contributed by atoms with E-state index in [4.69, 9.17) is 23.8 Å². The summed E-state index contributed by atoms with van der Waals surface area (Å²) in [6.07, 6.45) is 0. The van der Waals surface area contributed by atoms with Crippen LogP contribution >= 0.6 is 23.8 Å². The van der Waals surface area contributed by atoms with Crippen LogP contribution in [0.3, 0.4) is 0 Å². The molecule has 1 saturated heterocycles. The second-order valence-corrected chi connectivity index (χ2v) is 3.80. The SMILES string of the molecule is S=C1NCC(c2ccc(Cl)cc2)N1. The third-order valence-electron chi connectivity index (χ3n) is 2.04. The summed E-state index contributed by atoms with van der Waals surface area (Å²) in [5.41, 5.74) is 1.21. The molecule has 0 aromatic heterocycles. The molecule has 0 saturated carbocycles. The van der Waals surface area contributed by atoms with Gasteiger partial charge in [0.15, 0.2) is 5.11 Å². The Morgan fingerprint density at radius 1 is 1.31 bits per heavy atom. The van der Waals surface area contributed by atoms with Gasteiger partial charge in [0.1, 0.15) is 0 Å². The number of hydrogen-bond donors (Lipinski definition) is 2. The fraction of sp³-hybridized carbons (Fsp3) is 0.222. The smallest absolute Gasteiger partial charge is 0.166 e. The highest BCUT2D eigenvalue weighted by Crippen LogP contribution is 2.17. The van der Waals surface area contributed by atoms with Gasteiger partial charge < -0.3 is 10.6 Å². The van der Waals surface area contributed by atoms with Crippen molar-refractivity contribution in [2.45, 2.75) is 6.04 Å². The number of halogens is 1. The molecule has 1 aliphatic heterocycles. The van der Waals surface area contributed by atoms with Crippen LogP contribution in [0, 0.1) is 0 Å². The first-order chi connectivity index (χ1) is 6.25. The Balaban J connectivity index is 2.17. The number of thiocarbonyl (C=S) groups is 1. The van der Waals surface area contributed by atoms with E-state index in [1.54, 1.807) is 0 Å². The minimum absolute atomic E-state index is 0.282. The zero-order valence-corrected chi connectivity index (χ0v) is 8.45. The van der Waals surface area contributed by atoms with E-state index in [0.29, 0.717) is 0 Å². The summed E-state index contributed by atoms with van der Waals surface area (Å²) in [5.74, 6) is 0. The van der Waals surface area contributed by atoms with E-state index in [1.165, 1.54) is 5.56 Å². The largest absolute Gasteiger partial charge is 0.360 e. The molecule has 1 aromatic carbocycles. The molecule has 68 valence electrons. The number of nitrogens with one attached hydrogen (secondary N) is 2. The van der Waals surface area contributed by atoms with Gasteiger partial charge in [-0.1, -0.05) is 23.7 Å². The van der Waals surface area contributed by atoms with Crippen LogP contribution < -0.4 is 10.6 Å². The molecule has 0 radical (unpaired) electrons. The van der Waals surface area contributed by atoms with Crippen LogP contribution in [0.5, 0.6) is 0 Å². The zero-order chi connectivity index (χ0) is 9.26. The van der Waals surface area contributed by atoms with E-state index in [1.807, 2.05) is 24.3 Å². The van der Waals surface area contributed by atoms with Gasteiger partial charge in [0.2, 0.25) is 0 Å². The molecule has 2 rings (SSSR count). The van der Waals surface area contributed by atoms with Crippen molar-refractivity contribution in [2.75, 3.05) is 6.54 Å². The Morgan fingerprint density at radius 2 is 2.00 bits per heavy atom. The Hall–Kier alpha value is -0.800. The number of rotatable bonds is 1. The van der Waals surface area contributed by atoms with Crippen LogP contribution in [-0.2, 0) is 0 Å². The zero-order valence-electron chi connectivity index (χ0n) is 6.88. The normalized spacial score (nSPS) is 21.0. The van der Waals surface area contributed by atoms with Gasteiger partial charge in [-0.25, -0.2) is 0 Å². The molecule has 1 heterocycles. The molecule has 1 atom stereocenters. The predicted octanol–water partition coefficient (Wildman–Crippen LogP) is 1.86. The van der Waals surface area contributed by atoms with Gasteiger partial charge >= 0.3 is 0 Å². The van der Waals surface area contributed by atoms with Crippen molar-refractivity contribution in [2.24, 2.45) is 0 Å².